The Morgan fingerprint density at radius 1 is 1.12 bits per heavy atom. The van der Waals surface area contributed by atoms with Crippen LogP contribution in [0.25, 0.3) is 0 Å². The summed E-state index contributed by atoms with van der Waals surface area (Å²) in [6.07, 6.45) is 1.34. The second-order valence-corrected chi connectivity index (χ2v) is 4.32. The van der Waals surface area contributed by atoms with Crippen LogP contribution >= 0.6 is 0 Å². The third-order valence-electron chi connectivity index (χ3n) is 3.08. The van der Waals surface area contributed by atoms with Gasteiger partial charge in [-0.3, -0.25) is 4.79 Å². The Bertz CT molecular complexity index is 359. The van der Waals surface area contributed by atoms with E-state index < -0.39 is 0 Å². The summed E-state index contributed by atoms with van der Waals surface area (Å²) in [7, 11) is 0. The number of rotatable bonds is 3. The van der Waals surface area contributed by atoms with Crippen molar-refractivity contribution in [2.75, 3.05) is 26.2 Å². The van der Waals surface area contributed by atoms with Gasteiger partial charge in [0.25, 0.3) is 0 Å². The molecule has 1 heterocycles. The highest BCUT2D eigenvalue weighted by molar-refractivity contribution is 5.76. The highest BCUT2D eigenvalue weighted by Crippen LogP contribution is 2.06. The quantitative estimate of drug-likeness (QED) is 0.853. The number of amides is 1. The molecule has 0 saturated carbocycles. The molecule has 1 amide bonds. The van der Waals surface area contributed by atoms with Crippen LogP contribution in [0.2, 0.25) is 0 Å². The van der Waals surface area contributed by atoms with Gasteiger partial charge in [0.05, 0.1) is 0 Å². The van der Waals surface area contributed by atoms with E-state index in [2.05, 4.69) is 0 Å². The largest absolute Gasteiger partial charge is 0.340 e. The van der Waals surface area contributed by atoms with Gasteiger partial charge >= 0.3 is 0 Å². The number of hydrogen-bond donors (Lipinski definition) is 1. The monoisotopic (exact) mass is 234 g/mol. The van der Waals surface area contributed by atoms with Crippen LogP contribution in [0, 0.1) is 0 Å². The van der Waals surface area contributed by atoms with Crippen molar-refractivity contribution in [3.05, 3.63) is 35.9 Å². The molecule has 1 aromatic rings. The van der Waals surface area contributed by atoms with Gasteiger partial charge in [0.1, 0.15) is 0 Å². The fourth-order valence-corrected chi connectivity index (χ4v) is 2.00. The van der Waals surface area contributed by atoms with E-state index in [0.717, 1.165) is 6.42 Å². The summed E-state index contributed by atoms with van der Waals surface area (Å²) in [5.41, 5.74) is 1.20. The molecular weight excluding hydrogens is 216 g/mol. The van der Waals surface area contributed by atoms with E-state index in [4.69, 9.17) is 0 Å². The third kappa shape index (κ3) is 3.54. The van der Waals surface area contributed by atoms with Crippen LogP contribution in [0.5, 0.6) is 0 Å². The SMILES string of the molecule is O=C(CCc1ccccc1)N1CCN(O)CC1. The van der Waals surface area contributed by atoms with Crippen LogP contribution in [0.15, 0.2) is 30.3 Å². The minimum Gasteiger partial charge on any atom is -0.340 e. The number of carbonyl (C=O) groups excluding carboxylic acids is 1. The maximum absolute atomic E-state index is 11.9. The Morgan fingerprint density at radius 3 is 2.41 bits per heavy atom. The predicted octanol–water partition coefficient (Wildman–Crippen LogP) is 1.15. The summed E-state index contributed by atoms with van der Waals surface area (Å²) in [6.45, 7) is 2.36. The fraction of sp³-hybridized carbons (Fsp3) is 0.462. The van der Waals surface area contributed by atoms with Crippen LogP contribution in [0.1, 0.15) is 12.0 Å². The summed E-state index contributed by atoms with van der Waals surface area (Å²) >= 11 is 0. The zero-order chi connectivity index (χ0) is 12.1. The van der Waals surface area contributed by atoms with Gasteiger partial charge in [-0.05, 0) is 12.0 Å². The van der Waals surface area contributed by atoms with E-state index in [1.165, 1.54) is 10.6 Å². The topological polar surface area (TPSA) is 43.8 Å². The molecule has 1 aliphatic rings. The number of hydrogen-bond acceptors (Lipinski definition) is 3. The maximum Gasteiger partial charge on any atom is 0.222 e. The Kier molecular flexibility index (Phi) is 4.12. The van der Waals surface area contributed by atoms with Crippen LogP contribution in [0.3, 0.4) is 0 Å². The number of hydroxylamine groups is 2. The van der Waals surface area contributed by atoms with Gasteiger partial charge in [0.2, 0.25) is 5.91 Å². The van der Waals surface area contributed by atoms with Gasteiger partial charge in [-0.1, -0.05) is 30.3 Å². The minimum absolute atomic E-state index is 0.182. The maximum atomic E-state index is 11.9. The molecule has 0 atom stereocenters. The van der Waals surface area contributed by atoms with E-state index in [1.54, 1.807) is 0 Å². The van der Waals surface area contributed by atoms with E-state index in [-0.39, 0.29) is 5.91 Å². The lowest BCUT2D eigenvalue weighted by atomic mass is 10.1. The number of nitrogens with zero attached hydrogens (tertiary/aromatic N) is 2. The molecule has 0 unspecified atom stereocenters. The second kappa shape index (κ2) is 5.80. The molecule has 1 N–H and O–H groups in total. The van der Waals surface area contributed by atoms with Crippen molar-refractivity contribution in [3.8, 4) is 0 Å². The van der Waals surface area contributed by atoms with Crippen molar-refractivity contribution in [1.29, 1.82) is 0 Å². The standard InChI is InChI=1S/C13H18N2O2/c16-13(14-8-10-15(17)11-9-14)7-6-12-4-2-1-3-5-12/h1-5,17H,6-11H2. The Hall–Kier alpha value is -1.39. The van der Waals surface area contributed by atoms with Gasteiger partial charge in [-0.25, -0.2) is 0 Å². The smallest absolute Gasteiger partial charge is 0.222 e. The minimum atomic E-state index is 0.182. The van der Waals surface area contributed by atoms with Gasteiger partial charge in [-0.15, -0.1) is 0 Å². The van der Waals surface area contributed by atoms with E-state index >= 15 is 0 Å². The zero-order valence-corrected chi connectivity index (χ0v) is 9.88. The summed E-state index contributed by atoms with van der Waals surface area (Å²) in [5.74, 6) is 0.182. The van der Waals surface area contributed by atoms with E-state index in [1.807, 2.05) is 35.2 Å². The van der Waals surface area contributed by atoms with Crippen molar-refractivity contribution < 1.29 is 10.0 Å². The molecule has 0 radical (unpaired) electrons. The first-order valence-corrected chi connectivity index (χ1v) is 6.01. The van der Waals surface area contributed by atoms with Crippen LogP contribution in [-0.2, 0) is 11.2 Å². The predicted molar refractivity (Wildman–Crippen MR) is 64.7 cm³/mol. The molecule has 4 heteroatoms. The summed E-state index contributed by atoms with van der Waals surface area (Å²) in [5, 5.41) is 10.5. The third-order valence-corrected chi connectivity index (χ3v) is 3.08. The lowest BCUT2D eigenvalue weighted by Gasteiger charge is -2.31. The van der Waals surface area contributed by atoms with Crippen LogP contribution in [0.4, 0.5) is 0 Å². The van der Waals surface area contributed by atoms with Crippen molar-refractivity contribution in [2.24, 2.45) is 0 Å². The molecule has 17 heavy (non-hydrogen) atoms. The van der Waals surface area contributed by atoms with Crippen molar-refractivity contribution in [3.63, 3.8) is 0 Å². The summed E-state index contributed by atoms with van der Waals surface area (Å²) in [4.78, 5) is 13.7. The lowest BCUT2D eigenvalue weighted by molar-refractivity contribution is -0.145. The Morgan fingerprint density at radius 2 is 1.76 bits per heavy atom. The number of benzene rings is 1. The molecule has 1 saturated heterocycles. The Balaban J connectivity index is 1.78. The van der Waals surface area contributed by atoms with Crippen molar-refractivity contribution >= 4 is 5.91 Å². The van der Waals surface area contributed by atoms with E-state index in [0.29, 0.717) is 32.6 Å². The molecule has 92 valence electrons. The molecule has 1 fully saturated rings. The van der Waals surface area contributed by atoms with Crippen molar-refractivity contribution in [2.45, 2.75) is 12.8 Å². The molecule has 2 rings (SSSR count). The summed E-state index contributed by atoms with van der Waals surface area (Å²) < 4.78 is 0. The molecule has 1 aliphatic heterocycles. The van der Waals surface area contributed by atoms with Crippen LogP contribution in [-0.4, -0.2) is 47.3 Å². The zero-order valence-electron chi connectivity index (χ0n) is 9.88. The fourth-order valence-electron chi connectivity index (χ4n) is 2.00. The second-order valence-electron chi connectivity index (χ2n) is 4.32. The normalized spacial score (nSPS) is 17.1. The Labute approximate surface area is 101 Å². The van der Waals surface area contributed by atoms with Gasteiger partial charge in [0, 0.05) is 32.6 Å². The molecule has 0 aromatic heterocycles. The van der Waals surface area contributed by atoms with Crippen LogP contribution < -0.4 is 0 Å². The van der Waals surface area contributed by atoms with Gasteiger partial charge in [0.15, 0.2) is 0 Å². The molecule has 1 aromatic carbocycles. The van der Waals surface area contributed by atoms with Gasteiger partial charge < -0.3 is 10.1 Å². The highest BCUT2D eigenvalue weighted by Gasteiger charge is 2.19. The molecule has 0 bridgehead atoms. The number of carbonyl (C=O) groups is 1. The number of aryl methyl sites for hydroxylation is 1. The van der Waals surface area contributed by atoms with E-state index in [9.17, 15) is 10.0 Å². The first kappa shape index (κ1) is 12.1. The molecule has 0 aliphatic carbocycles. The average molecular weight is 234 g/mol. The lowest BCUT2D eigenvalue weighted by Crippen LogP contribution is -2.47. The summed E-state index contributed by atoms with van der Waals surface area (Å²) in [6, 6.07) is 10.0. The number of piperazine rings is 1. The first-order chi connectivity index (χ1) is 8.25. The van der Waals surface area contributed by atoms with Gasteiger partial charge in [-0.2, -0.15) is 5.06 Å². The van der Waals surface area contributed by atoms with Crippen molar-refractivity contribution in [1.82, 2.24) is 9.96 Å². The molecule has 4 nitrogen and oxygen atoms in total. The highest BCUT2D eigenvalue weighted by atomic mass is 16.5. The first-order valence-electron chi connectivity index (χ1n) is 6.01. The molecular formula is C13H18N2O2. The molecule has 0 spiro atoms. The average Bonchev–Trinajstić information content (AvgIpc) is 2.38.